The minimum absolute atomic E-state index is 0.0613. The van der Waals surface area contributed by atoms with Gasteiger partial charge in [-0.25, -0.2) is 9.18 Å². The molecule has 1 aromatic carbocycles. The summed E-state index contributed by atoms with van der Waals surface area (Å²) < 4.78 is 18.5. The Morgan fingerprint density at radius 1 is 1.53 bits per heavy atom. The number of esters is 1. The topological polar surface area (TPSA) is 46.5 Å². The molecule has 15 heavy (non-hydrogen) atoms. The Kier molecular flexibility index (Phi) is 4.71. The maximum absolute atomic E-state index is 13.2. The van der Waals surface area contributed by atoms with E-state index in [1.54, 1.807) is 0 Å². The smallest absolute Gasteiger partial charge is 0.341 e. The van der Waals surface area contributed by atoms with Crippen LogP contribution >= 0.6 is 15.9 Å². The average molecular weight is 277 g/mol. The van der Waals surface area contributed by atoms with Gasteiger partial charge in [0.25, 0.3) is 0 Å². The molecule has 5 heteroatoms. The van der Waals surface area contributed by atoms with Gasteiger partial charge in [0.2, 0.25) is 0 Å². The first-order valence-electron chi connectivity index (χ1n) is 4.38. The Morgan fingerprint density at radius 2 is 2.27 bits per heavy atom. The minimum atomic E-state index is -0.720. The second-order valence-electron chi connectivity index (χ2n) is 2.84. The Hall–Kier alpha value is -0.940. The lowest BCUT2D eigenvalue weighted by molar-refractivity contribution is 0.0477. The lowest BCUT2D eigenvalue weighted by atomic mass is 10.2. The monoisotopic (exact) mass is 276 g/mol. The summed E-state index contributed by atoms with van der Waals surface area (Å²) in [6.45, 7) is 0.0233. The van der Waals surface area contributed by atoms with E-state index in [0.29, 0.717) is 10.9 Å². The number of aliphatic hydroxyl groups excluding tert-OH is 1. The minimum Gasteiger partial charge on any atom is -0.462 e. The van der Waals surface area contributed by atoms with Gasteiger partial charge in [0, 0.05) is 17.5 Å². The molecule has 0 atom stereocenters. The van der Waals surface area contributed by atoms with Gasteiger partial charge < -0.3 is 9.84 Å². The van der Waals surface area contributed by atoms with E-state index in [9.17, 15) is 9.18 Å². The summed E-state index contributed by atoms with van der Waals surface area (Å²) in [6.07, 6.45) is 0.349. The van der Waals surface area contributed by atoms with Crippen LogP contribution in [0.3, 0.4) is 0 Å². The van der Waals surface area contributed by atoms with Crippen molar-refractivity contribution in [3.05, 3.63) is 34.1 Å². The van der Waals surface area contributed by atoms with Gasteiger partial charge >= 0.3 is 5.97 Å². The van der Waals surface area contributed by atoms with Gasteiger partial charge in [0.15, 0.2) is 0 Å². The Labute approximate surface area is 95.0 Å². The number of hydrogen-bond acceptors (Lipinski definition) is 3. The maximum Gasteiger partial charge on any atom is 0.341 e. The van der Waals surface area contributed by atoms with Crippen molar-refractivity contribution in [1.29, 1.82) is 0 Å². The van der Waals surface area contributed by atoms with Crippen molar-refractivity contribution >= 4 is 21.9 Å². The van der Waals surface area contributed by atoms with Crippen LogP contribution in [0.15, 0.2) is 22.7 Å². The molecule has 0 aliphatic carbocycles. The summed E-state index contributed by atoms with van der Waals surface area (Å²) in [7, 11) is 0. The molecule has 82 valence electrons. The first kappa shape index (κ1) is 12.1. The van der Waals surface area contributed by atoms with Crippen molar-refractivity contribution in [1.82, 2.24) is 0 Å². The molecule has 0 aromatic heterocycles. The van der Waals surface area contributed by atoms with Crippen molar-refractivity contribution in [2.75, 3.05) is 13.2 Å². The number of carbonyl (C=O) groups is 1. The molecule has 0 bridgehead atoms. The van der Waals surface area contributed by atoms with Crippen molar-refractivity contribution in [3.63, 3.8) is 0 Å². The summed E-state index contributed by atoms with van der Waals surface area (Å²) in [6, 6.07) is 4.04. The van der Waals surface area contributed by atoms with Crippen LogP contribution in [0.25, 0.3) is 0 Å². The molecule has 0 aliphatic heterocycles. The number of hydrogen-bond donors (Lipinski definition) is 1. The van der Waals surface area contributed by atoms with Crippen molar-refractivity contribution < 1.29 is 19.0 Å². The quantitative estimate of drug-likeness (QED) is 0.677. The first-order valence-corrected chi connectivity index (χ1v) is 5.17. The van der Waals surface area contributed by atoms with E-state index in [4.69, 9.17) is 9.84 Å². The summed E-state index contributed by atoms with van der Waals surface area (Å²) in [5, 5.41) is 8.48. The molecule has 3 nitrogen and oxygen atoms in total. The molecule has 0 saturated heterocycles. The SMILES string of the molecule is O=C(OCCCO)c1cc(Br)ccc1F. The molecular weight excluding hydrogens is 267 g/mol. The number of ether oxygens (including phenoxy) is 1. The molecule has 0 unspecified atom stereocenters. The van der Waals surface area contributed by atoms with Crippen LogP contribution in [-0.2, 0) is 4.74 Å². The zero-order chi connectivity index (χ0) is 11.3. The zero-order valence-electron chi connectivity index (χ0n) is 7.87. The van der Waals surface area contributed by atoms with Gasteiger partial charge in [-0.2, -0.15) is 0 Å². The highest BCUT2D eigenvalue weighted by atomic mass is 79.9. The van der Waals surface area contributed by atoms with E-state index in [1.807, 2.05) is 0 Å². The second-order valence-corrected chi connectivity index (χ2v) is 3.75. The van der Waals surface area contributed by atoms with Gasteiger partial charge in [0.05, 0.1) is 12.2 Å². The summed E-state index contributed by atoms with van der Waals surface area (Å²) in [5.74, 6) is -1.34. The van der Waals surface area contributed by atoms with Crippen molar-refractivity contribution in [2.24, 2.45) is 0 Å². The number of benzene rings is 1. The number of aliphatic hydroxyl groups is 1. The molecule has 1 N–H and O–H groups in total. The fraction of sp³-hybridized carbons (Fsp3) is 0.300. The van der Waals surface area contributed by atoms with Crippen LogP contribution in [0, 0.1) is 5.82 Å². The molecule has 0 aliphatic rings. The highest BCUT2D eigenvalue weighted by molar-refractivity contribution is 9.10. The van der Waals surface area contributed by atoms with Crippen LogP contribution in [-0.4, -0.2) is 24.3 Å². The van der Waals surface area contributed by atoms with Crippen LogP contribution in [0.5, 0.6) is 0 Å². The van der Waals surface area contributed by atoms with Crippen LogP contribution in [0.4, 0.5) is 4.39 Å². The largest absolute Gasteiger partial charge is 0.462 e. The van der Waals surface area contributed by atoms with Gasteiger partial charge in [-0.1, -0.05) is 15.9 Å². The first-order chi connectivity index (χ1) is 7.15. The lowest BCUT2D eigenvalue weighted by Gasteiger charge is -2.04. The number of rotatable bonds is 4. The van der Waals surface area contributed by atoms with E-state index in [-0.39, 0.29) is 18.8 Å². The second kappa shape index (κ2) is 5.82. The Morgan fingerprint density at radius 3 is 2.93 bits per heavy atom. The fourth-order valence-electron chi connectivity index (χ4n) is 0.961. The normalized spacial score (nSPS) is 10.1. The highest BCUT2D eigenvalue weighted by Crippen LogP contribution is 2.16. The van der Waals surface area contributed by atoms with Gasteiger partial charge in [-0.05, 0) is 18.2 Å². The predicted molar refractivity (Wildman–Crippen MR) is 56.1 cm³/mol. The van der Waals surface area contributed by atoms with Crippen LogP contribution < -0.4 is 0 Å². The van der Waals surface area contributed by atoms with E-state index >= 15 is 0 Å². The van der Waals surface area contributed by atoms with E-state index in [2.05, 4.69) is 15.9 Å². The fourth-order valence-corrected chi connectivity index (χ4v) is 1.32. The zero-order valence-corrected chi connectivity index (χ0v) is 9.46. The molecule has 0 spiro atoms. The summed E-state index contributed by atoms with van der Waals surface area (Å²) in [4.78, 5) is 11.3. The third-order valence-corrected chi connectivity index (χ3v) is 2.18. The summed E-state index contributed by atoms with van der Waals surface area (Å²) >= 11 is 3.13. The highest BCUT2D eigenvalue weighted by Gasteiger charge is 2.13. The van der Waals surface area contributed by atoms with Crippen LogP contribution in [0.2, 0.25) is 0 Å². The third kappa shape index (κ3) is 3.60. The molecular formula is C10H10BrFO3. The van der Waals surface area contributed by atoms with E-state index < -0.39 is 11.8 Å². The molecule has 1 rings (SSSR count). The number of carbonyl (C=O) groups excluding carboxylic acids is 1. The lowest BCUT2D eigenvalue weighted by Crippen LogP contribution is -2.09. The standard InChI is InChI=1S/C10H10BrFO3/c11-7-2-3-9(12)8(6-7)10(14)15-5-1-4-13/h2-3,6,13H,1,4-5H2. The van der Waals surface area contributed by atoms with Crippen molar-refractivity contribution in [3.8, 4) is 0 Å². The molecule has 0 saturated carbocycles. The van der Waals surface area contributed by atoms with Gasteiger partial charge in [-0.15, -0.1) is 0 Å². The predicted octanol–water partition coefficient (Wildman–Crippen LogP) is 2.13. The third-order valence-electron chi connectivity index (χ3n) is 1.68. The Balaban J connectivity index is 2.68. The van der Waals surface area contributed by atoms with Gasteiger partial charge in [0.1, 0.15) is 5.82 Å². The average Bonchev–Trinajstić information content (AvgIpc) is 2.22. The van der Waals surface area contributed by atoms with Gasteiger partial charge in [-0.3, -0.25) is 0 Å². The number of halogens is 2. The Bertz CT molecular complexity index is 355. The van der Waals surface area contributed by atoms with E-state index in [1.165, 1.54) is 18.2 Å². The maximum atomic E-state index is 13.2. The molecule has 1 aromatic rings. The van der Waals surface area contributed by atoms with Crippen molar-refractivity contribution in [2.45, 2.75) is 6.42 Å². The van der Waals surface area contributed by atoms with Crippen LogP contribution in [0.1, 0.15) is 16.8 Å². The molecule has 0 heterocycles. The molecule has 0 radical (unpaired) electrons. The summed E-state index contributed by atoms with van der Waals surface area (Å²) in [5.41, 5.74) is -0.109. The molecule has 0 amide bonds. The molecule has 0 fully saturated rings. The van der Waals surface area contributed by atoms with E-state index in [0.717, 1.165) is 0 Å².